The fourth-order valence-electron chi connectivity index (χ4n) is 4.27. The van der Waals surface area contributed by atoms with Crippen molar-refractivity contribution in [3.05, 3.63) is 12.5 Å². The smallest absolute Gasteiger partial charge is 0.245 e. The van der Waals surface area contributed by atoms with Gasteiger partial charge in [0, 0.05) is 46.2 Å². The van der Waals surface area contributed by atoms with Crippen molar-refractivity contribution in [3.8, 4) is 0 Å². The van der Waals surface area contributed by atoms with Gasteiger partial charge in [-0.05, 0) is 12.3 Å². The summed E-state index contributed by atoms with van der Waals surface area (Å²) >= 11 is 0. The van der Waals surface area contributed by atoms with Gasteiger partial charge in [-0.3, -0.25) is 14.3 Å². The second kappa shape index (κ2) is 7.37. The Labute approximate surface area is 164 Å². The Morgan fingerprint density at radius 3 is 2.50 bits per heavy atom. The maximum atomic E-state index is 13.2. The number of aryl methyl sites for hydroxylation is 1. The normalized spacial score (nSPS) is 19.1. The standard InChI is InChI=1S/C19H27N7O2/c1-13(2)16(26-6-4-5-15(26)27)19(28)25-9-7-24(8-10-25)18-14-11-22-23(3)17(14)20-12-21-18/h11-13,16H,4-10H2,1-3H3/t16-/m1/s1. The lowest BCUT2D eigenvalue weighted by Gasteiger charge is -2.39. The van der Waals surface area contributed by atoms with E-state index in [4.69, 9.17) is 0 Å². The van der Waals surface area contributed by atoms with E-state index < -0.39 is 0 Å². The monoisotopic (exact) mass is 385 g/mol. The second-order valence-corrected chi connectivity index (χ2v) is 7.89. The van der Waals surface area contributed by atoms with Gasteiger partial charge in [0.15, 0.2) is 5.65 Å². The molecule has 2 aliphatic rings. The zero-order valence-electron chi connectivity index (χ0n) is 16.7. The predicted molar refractivity (Wildman–Crippen MR) is 105 cm³/mol. The average molecular weight is 385 g/mol. The molecular formula is C19H27N7O2. The Balaban J connectivity index is 1.47. The number of carbonyl (C=O) groups excluding carboxylic acids is 2. The number of piperazine rings is 1. The van der Waals surface area contributed by atoms with E-state index in [-0.39, 0.29) is 23.8 Å². The largest absolute Gasteiger partial charge is 0.352 e. The van der Waals surface area contributed by atoms with Crippen molar-refractivity contribution in [1.82, 2.24) is 29.5 Å². The molecule has 0 aromatic carbocycles. The molecule has 0 spiro atoms. The van der Waals surface area contributed by atoms with Gasteiger partial charge in [-0.2, -0.15) is 5.10 Å². The van der Waals surface area contributed by atoms with Crippen LogP contribution in [0.3, 0.4) is 0 Å². The van der Waals surface area contributed by atoms with Crippen LogP contribution in [0.25, 0.3) is 11.0 Å². The number of anilines is 1. The van der Waals surface area contributed by atoms with Crippen LogP contribution in [-0.4, -0.2) is 80.1 Å². The number of rotatable bonds is 4. The summed E-state index contributed by atoms with van der Waals surface area (Å²) in [5.74, 6) is 1.13. The van der Waals surface area contributed by atoms with E-state index in [0.29, 0.717) is 39.1 Å². The van der Waals surface area contributed by atoms with Crippen molar-refractivity contribution in [2.45, 2.75) is 32.7 Å². The first kappa shape index (κ1) is 18.6. The van der Waals surface area contributed by atoms with Crippen LogP contribution >= 0.6 is 0 Å². The van der Waals surface area contributed by atoms with Crippen molar-refractivity contribution < 1.29 is 9.59 Å². The van der Waals surface area contributed by atoms with E-state index in [1.807, 2.05) is 25.8 Å². The summed E-state index contributed by atoms with van der Waals surface area (Å²) < 4.78 is 1.74. The summed E-state index contributed by atoms with van der Waals surface area (Å²) in [4.78, 5) is 40.0. The van der Waals surface area contributed by atoms with Gasteiger partial charge in [0.2, 0.25) is 11.8 Å². The van der Waals surface area contributed by atoms with Crippen LogP contribution in [0.1, 0.15) is 26.7 Å². The third-order valence-corrected chi connectivity index (χ3v) is 5.73. The molecule has 2 saturated heterocycles. The minimum Gasteiger partial charge on any atom is -0.352 e. The van der Waals surface area contributed by atoms with Crippen LogP contribution in [0, 0.1) is 5.92 Å². The molecule has 4 rings (SSSR count). The number of fused-ring (bicyclic) bond motifs is 1. The number of carbonyl (C=O) groups is 2. The van der Waals surface area contributed by atoms with Crippen LogP contribution in [0.5, 0.6) is 0 Å². The van der Waals surface area contributed by atoms with E-state index in [9.17, 15) is 9.59 Å². The Hall–Kier alpha value is -2.71. The quantitative estimate of drug-likeness (QED) is 0.768. The molecular weight excluding hydrogens is 358 g/mol. The van der Waals surface area contributed by atoms with Gasteiger partial charge in [-0.15, -0.1) is 0 Å². The van der Waals surface area contributed by atoms with E-state index in [2.05, 4.69) is 20.0 Å². The summed E-state index contributed by atoms with van der Waals surface area (Å²) in [6.45, 7) is 7.37. The molecule has 150 valence electrons. The summed E-state index contributed by atoms with van der Waals surface area (Å²) in [7, 11) is 1.86. The number of aromatic nitrogens is 4. The Morgan fingerprint density at radius 2 is 1.86 bits per heavy atom. The number of amides is 2. The Kier molecular flexibility index (Phi) is 4.91. The third kappa shape index (κ3) is 3.18. The molecule has 9 heteroatoms. The molecule has 0 unspecified atom stereocenters. The van der Waals surface area contributed by atoms with Gasteiger partial charge in [-0.25, -0.2) is 9.97 Å². The van der Waals surface area contributed by atoms with Crippen molar-refractivity contribution >= 4 is 28.7 Å². The topological polar surface area (TPSA) is 87.5 Å². The van der Waals surface area contributed by atoms with E-state index in [0.717, 1.165) is 23.3 Å². The average Bonchev–Trinajstić information content (AvgIpc) is 3.28. The summed E-state index contributed by atoms with van der Waals surface area (Å²) in [6.07, 6.45) is 4.75. The zero-order chi connectivity index (χ0) is 19.8. The van der Waals surface area contributed by atoms with E-state index >= 15 is 0 Å². The Morgan fingerprint density at radius 1 is 1.11 bits per heavy atom. The molecule has 4 heterocycles. The molecule has 2 fully saturated rings. The molecule has 0 aliphatic carbocycles. The number of hydrogen-bond donors (Lipinski definition) is 0. The molecule has 0 bridgehead atoms. The highest BCUT2D eigenvalue weighted by Gasteiger charge is 2.38. The minimum atomic E-state index is -0.356. The molecule has 2 amide bonds. The van der Waals surface area contributed by atoms with Crippen LogP contribution in [0.2, 0.25) is 0 Å². The Bertz CT molecular complexity index is 886. The fourth-order valence-corrected chi connectivity index (χ4v) is 4.27. The summed E-state index contributed by atoms with van der Waals surface area (Å²) in [6, 6.07) is -0.356. The fraction of sp³-hybridized carbons (Fsp3) is 0.632. The molecule has 2 aromatic heterocycles. The maximum absolute atomic E-state index is 13.2. The first-order valence-electron chi connectivity index (χ1n) is 9.93. The van der Waals surface area contributed by atoms with Crippen LogP contribution in [0.15, 0.2) is 12.5 Å². The first-order chi connectivity index (χ1) is 13.5. The molecule has 2 aromatic rings. The lowest BCUT2D eigenvalue weighted by atomic mass is 10.0. The maximum Gasteiger partial charge on any atom is 0.245 e. The highest BCUT2D eigenvalue weighted by Crippen LogP contribution is 2.25. The predicted octanol–water partition coefficient (Wildman–Crippen LogP) is 0.659. The number of nitrogens with zero attached hydrogens (tertiary/aromatic N) is 7. The van der Waals surface area contributed by atoms with Crippen molar-refractivity contribution in [2.75, 3.05) is 37.6 Å². The van der Waals surface area contributed by atoms with Crippen molar-refractivity contribution in [3.63, 3.8) is 0 Å². The minimum absolute atomic E-state index is 0.0686. The molecule has 28 heavy (non-hydrogen) atoms. The van der Waals surface area contributed by atoms with Gasteiger partial charge in [0.25, 0.3) is 0 Å². The number of likely N-dealkylation sites (tertiary alicyclic amines) is 1. The first-order valence-corrected chi connectivity index (χ1v) is 9.93. The van der Waals surface area contributed by atoms with Gasteiger partial charge in [0.05, 0.1) is 11.6 Å². The van der Waals surface area contributed by atoms with Gasteiger partial charge >= 0.3 is 0 Å². The zero-order valence-corrected chi connectivity index (χ0v) is 16.7. The van der Waals surface area contributed by atoms with E-state index in [1.54, 1.807) is 22.1 Å². The third-order valence-electron chi connectivity index (χ3n) is 5.73. The van der Waals surface area contributed by atoms with Crippen LogP contribution < -0.4 is 4.90 Å². The van der Waals surface area contributed by atoms with Crippen molar-refractivity contribution in [1.29, 1.82) is 0 Å². The van der Waals surface area contributed by atoms with E-state index in [1.165, 1.54) is 0 Å². The van der Waals surface area contributed by atoms with Gasteiger partial charge in [-0.1, -0.05) is 13.8 Å². The van der Waals surface area contributed by atoms with Crippen LogP contribution in [0.4, 0.5) is 5.82 Å². The van der Waals surface area contributed by atoms with Crippen molar-refractivity contribution in [2.24, 2.45) is 13.0 Å². The lowest BCUT2D eigenvalue weighted by molar-refractivity contribution is -0.145. The molecule has 0 radical (unpaired) electrons. The summed E-state index contributed by atoms with van der Waals surface area (Å²) in [5, 5.41) is 5.20. The SMILES string of the molecule is CC(C)[C@H](C(=O)N1CCN(c2ncnc3c2cnn3C)CC1)N1CCCC1=O. The molecule has 0 N–H and O–H groups in total. The number of hydrogen-bond acceptors (Lipinski definition) is 6. The highest BCUT2D eigenvalue weighted by molar-refractivity contribution is 5.89. The molecule has 2 aliphatic heterocycles. The van der Waals surface area contributed by atoms with Gasteiger partial charge in [0.1, 0.15) is 18.2 Å². The lowest BCUT2D eigenvalue weighted by Crippen LogP contribution is -2.56. The second-order valence-electron chi connectivity index (χ2n) is 7.89. The highest BCUT2D eigenvalue weighted by atomic mass is 16.2. The summed E-state index contributed by atoms with van der Waals surface area (Å²) in [5.41, 5.74) is 0.802. The molecule has 0 saturated carbocycles. The van der Waals surface area contributed by atoms with Crippen LogP contribution in [-0.2, 0) is 16.6 Å². The molecule has 1 atom stereocenters. The molecule has 9 nitrogen and oxygen atoms in total. The van der Waals surface area contributed by atoms with Gasteiger partial charge < -0.3 is 14.7 Å².